The van der Waals surface area contributed by atoms with Gasteiger partial charge < -0.3 is 10.1 Å². The topological polar surface area (TPSA) is 92.8 Å². The first kappa shape index (κ1) is 22.0. The highest BCUT2D eigenvalue weighted by molar-refractivity contribution is 7.17. The van der Waals surface area contributed by atoms with Gasteiger partial charge in [-0.3, -0.25) is 19.3 Å². The van der Waals surface area contributed by atoms with Gasteiger partial charge in [0.2, 0.25) is 17.7 Å². The van der Waals surface area contributed by atoms with Crippen LogP contribution in [-0.2, 0) is 32.0 Å². The number of hydrogen-bond acceptors (Lipinski definition) is 6. The van der Waals surface area contributed by atoms with E-state index in [1.54, 1.807) is 0 Å². The zero-order chi connectivity index (χ0) is 22.0. The third kappa shape index (κ3) is 4.40. The maximum atomic E-state index is 12.7. The summed E-state index contributed by atoms with van der Waals surface area (Å²) in [5.41, 5.74) is 1.49. The van der Waals surface area contributed by atoms with E-state index >= 15 is 0 Å². The molecule has 0 unspecified atom stereocenters. The molecular weight excluding hydrogens is 416 g/mol. The van der Waals surface area contributed by atoms with E-state index in [2.05, 4.69) is 5.32 Å². The molecule has 8 heteroatoms. The lowest BCUT2D eigenvalue weighted by Crippen LogP contribution is -2.34. The number of amides is 3. The van der Waals surface area contributed by atoms with Crippen molar-refractivity contribution in [1.29, 1.82) is 0 Å². The van der Waals surface area contributed by atoms with Crippen molar-refractivity contribution in [3.05, 3.63) is 16.0 Å². The fourth-order valence-corrected chi connectivity index (χ4v) is 6.28. The number of ether oxygens (including phenoxy) is 1. The van der Waals surface area contributed by atoms with E-state index < -0.39 is 0 Å². The largest absolute Gasteiger partial charge is 0.462 e. The zero-order valence-electron chi connectivity index (χ0n) is 18.0. The molecule has 3 aliphatic rings. The number of fused-ring (bicyclic) bond motifs is 2. The van der Waals surface area contributed by atoms with Crippen molar-refractivity contribution >= 4 is 40.0 Å². The molecule has 3 amide bonds. The number of likely N-dealkylation sites (tertiary alicyclic amines) is 1. The Balaban J connectivity index is 1.43. The van der Waals surface area contributed by atoms with Crippen LogP contribution in [0, 0.1) is 11.8 Å². The summed E-state index contributed by atoms with van der Waals surface area (Å²) in [5.74, 6) is -1.33. The van der Waals surface area contributed by atoms with Crippen LogP contribution in [0.5, 0.6) is 0 Å². The Labute approximate surface area is 186 Å². The molecule has 4 rings (SSSR count). The molecule has 2 aliphatic carbocycles. The summed E-state index contributed by atoms with van der Waals surface area (Å²) in [6.45, 7) is 2.38. The Morgan fingerprint density at radius 2 is 1.74 bits per heavy atom. The average Bonchev–Trinajstić information content (AvgIpc) is 3.25. The van der Waals surface area contributed by atoms with Crippen molar-refractivity contribution < 1.29 is 23.9 Å². The molecule has 7 nitrogen and oxygen atoms in total. The van der Waals surface area contributed by atoms with E-state index in [1.807, 2.05) is 6.92 Å². The summed E-state index contributed by atoms with van der Waals surface area (Å²) in [6, 6.07) is 0. The van der Waals surface area contributed by atoms with Crippen LogP contribution in [0.15, 0.2) is 0 Å². The maximum Gasteiger partial charge on any atom is 0.341 e. The Bertz CT molecular complexity index is 869. The second kappa shape index (κ2) is 9.51. The van der Waals surface area contributed by atoms with Crippen LogP contribution in [0.25, 0.3) is 0 Å². The first-order chi connectivity index (χ1) is 15.0. The lowest BCUT2D eigenvalue weighted by Gasteiger charge is -2.19. The summed E-state index contributed by atoms with van der Waals surface area (Å²) in [5, 5.41) is 3.40. The summed E-state index contributed by atoms with van der Waals surface area (Å²) in [7, 11) is 0. The highest BCUT2D eigenvalue weighted by Gasteiger charge is 2.47. The summed E-state index contributed by atoms with van der Waals surface area (Å²) >= 11 is 1.45. The molecule has 31 heavy (non-hydrogen) atoms. The summed E-state index contributed by atoms with van der Waals surface area (Å²) in [6.07, 6.45) is 8.08. The van der Waals surface area contributed by atoms with Crippen molar-refractivity contribution in [1.82, 2.24) is 4.90 Å². The molecule has 0 bridgehead atoms. The second-order valence-corrected chi connectivity index (χ2v) is 9.78. The quantitative estimate of drug-likeness (QED) is 0.509. The molecular formula is C23H30N2O5S. The summed E-state index contributed by atoms with van der Waals surface area (Å²) < 4.78 is 5.37. The lowest BCUT2D eigenvalue weighted by molar-refractivity contribution is -0.140. The average molecular weight is 447 g/mol. The fourth-order valence-electron chi connectivity index (χ4n) is 4.99. The summed E-state index contributed by atoms with van der Waals surface area (Å²) in [4.78, 5) is 53.0. The zero-order valence-corrected chi connectivity index (χ0v) is 18.9. The van der Waals surface area contributed by atoms with Crippen molar-refractivity contribution in [2.75, 3.05) is 18.5 Å². The standard InChI is InChI=1S/C23H30N2O5S/c1-2-13-30-23(29)19-16-9-5-6-10-17(16)31-20(19)24-18(26)11-12-25-21(27)14-7-3-4-8-15(14)22(25)28/h14-15H,2-13H2,1H3,(H,24,26)/t14-,15-/m0/s1. The van der Waals surface area contributed by atoms with Crippen LogP contribution in [-0.4, -0.2) is 41.7 Å². The van der Waals surface area contributed by atoms with E-state index in [9.17, 15) is 19.2 Å². The number of anilines is 1. The molecule has 1 aromatic rings. The molecule has 2 heterocycles. The minimum absolute atomic E-state index is 0.0307. The highest BCUT2D eigenvalue weighted by Crippen LogP contribution is 2.39. The van der Waals surface area contributed by atoms with Crippen molar-refractivity contribution in [2.24, 2.45) is 11.8 Å². The number of aryl methyl sites for hydroxylation is 1. The molecule has 1 aliphatic heterocycles. The van der Waals surface area contributed by atoms with Crippen molar-refractivity contribution in [2.45, 2.75) is 71.1 Å². The number of carbonyl (C=O) groups excluding carboxylic acids is 4. The van der Waals surface area contributed by atoms with Crippen LogP contribution in [0.2, 0.25) is 0 Å². The van der Waals surface area contributed by atoms with E-state index in [-0.39, 0.29) is 48.5 Å². The Hall–Kier alpha value is -2.22. The third-order valence-corrected chi connectivity index (χ3v) is 7.77. The molecule has 0 spiro atoms. The predicted molar refractivity (Wildman–Crippen MR) is 117 cm³/mol. The van der Waals surface area contributed by atoms with Crippen LogP contribution in [0.1, 0.15) is 79.1 Å². The molecule has 2 atom stereocenters. The lowest BCUT2D eigenvalue weighted by atomic mass is 9.81. The van der Waals surface area contributed by atoms with Gasteiger partial charge in [-0.25, -0.2) is 4.79 Å². The van der Waals surface area contributed by atoms with Gasteiger partial charge in [0.25, 0.3) is 0 Å². The van der Waals surface area contributed by atoms with Gasteiger partial charge in [-0.15, -0.1) is 11.3 Å². The van der Waals surface area contributed by atoms with Gasteiger partial charge in [-0.2, -0.15) is 0 Å². The van der Waals surface area contributed by atoms with E-state index in [1.165, 1.54) is 16.2 Å². The predicted octanol–water partition coefficient (Wildman–Crippen LogP) is 3.70. The number of rotatable bonds is 7. The van der Waals surface area contributed by atoms with E-state index in [4.69, 9.17) is 4.74 Å². The monoisotopic (exact) mass is 446 g/mol. The SMILES string of the molecule is CCCOC(=O)c1c(NC(=O)CCN2C(=O)[C@H]3CCCC[C@@H]3C2=O)sc2c1CCCC2. The number of hydrogen-bond donors (Lipinski definition) is 1. The Kier molecular flexibility index (Phi) is 6.74. The second-order valence-electron chi connectivity index (χ2n) is 8.67. The van der Waals surface area contributed by atoms with Crippen molar-refractivity contribution in [3.8, 4) is 0 Å². The number of thiophene rings is 1. The fraction of sp³-hybridized carbons (Fsp3) is 0.652. The molecule has 1 aromatic heterocycles. The van der Waals surface area contributed by atoms with Gasteiger partial charge in [0.1, 0.15) is 5.00 Å². The minimum Gasteiger partial charge on any atom is -0.462 e. The molecule has 0 aromatic carbocycles. The normalized spacial score (nSPS) is 22.8. The van der Waals surface area contributed by atoms with Gasteiger partial charge in [-0.05, 0) is 50.5 Å². The van der Waals surface area contributed by atoms with Crippen LogP contribution < -0.4 is 5.32 Å². The van der Waals surface area contributed by atoms with Gasteiger partial charge in [0.05, 0.1) is 24.0 Å². The maximum absolute atomic E-state index is 12.7. The van der Waals surface area contributed by atoms with Crippen LogP contribution in [0.4, 0.5) is 5.00 Å². The first-order valence-electron chi connectivity index (χ1n) is 11.5. The van der Waals surface area contributed by atoms with Crippen LogP contribution >= 0.6 is 11.3 Å². The van der Waals surface area contributed by atoms with Crippen LogP contribution in [0.3, 0.4) is 0 Å². The van der Waals surface area contributed by atoms with Gasteiger partial charge in [0.15, 0.2) is 0 Å². The molecule has 2 fully saturated rings. The Morgan fingerprint density at radius 1 is 1.06 bits per heavy atom. The first-order valence-corrected chi connectivity index (χ1v) is 12.3. The highest BCUT2D eigenvalue weighted by atomic mass is 32.1. The smallest absolute Gasteiger partial charge is 0.341 e. The van der Waals surface area contributed by atoms with E-state index in [0.29, 0.717) is 17.2 Å². The van der Waals surface area contributed by atoms with Crippen molar-refractivity contribution in [3.63, 3.8) is 0 Å². The van der Waals surface area contributed by atoms with Gasteiger partial charge in [0, 0.05) is 17.8 Å². The molecule has 1 saturated heterocycles. The number of nitrogens with one attached hydrogen (secondary N) is 1. The molecule has 1 saturated carbocycles. The number of imide groups is 1. The number of esters is 1. The van der Waals surface area contributed by atoms with E-state index in [0.717, 1.165) is 68.2 Å². The third-order valence-electron chi connectivity index (χ3n) is 6.56. The van der Waals surface area contributed by atoms with Gasteiger partial charge >= 0.3 is 5.97 Å². The minimum atomic E-state index is -0.384. The molecule has 168 valence electrons. The number of nitrogens with zero attached hydrogens (tertiary/aromatic N) is 1. The van der Waals surface area contributed by atoms with Gasteiger partial charge in [-0.1, -0.05) is 19.8 Å². The molecule has 1 N–H and O–H groups in total. The number of carbonyl (C=O) groups is 4. The molecule has 0 radical (unpaired) electrons. The Morgan fingerprint density at radius 3 is 2.42 bits per heavy atom.